The molecule has 0 amide bonds. The van der Waals surface area contributed by atoms with Crippen LogP contribution in [0.15, 0.2) is 27.5 Å². The van der Waals surface area contributed by atoms with Gasteiger partial charge in [-0.25, -0.2) is 0 Å². The summed E-state index contributed by atoms with van der Waals surface area (Å²) in [4.78, 5) is 38.8. The number of carbonyl (C=O) groups is 3. The van der Waals surface area contributed by atoms with E-state index in [9.17, 15) is 18.6 Å². The molecule has 3 unspecified atom stereocenters. The Morgan fingerprint density at radius 3 is 2.40 bits per heavy atom. The standard InChI is InChI=1S/C19H18O5S/c1-9-7-13-12(5-6-14(25(2)23)19(13)24-9)18(22)15-16(20)10-3-4-11(8-10)17(15)21/h5-7,10-11,15H,3-4,8H2,1-2H3. The van der Waals surface area contributed by atoms with Crippen LogP contribution in [-0.2, 0) is 20.4 Å². The zero-order chi connectivity index (χ0) is 17.9. The van der Waals surface area contributed by atoms with Gasteiger partial charge in [0.25, 0.3) is 0 Å². The first-order valence-corrected chi connectivity index (χ1v) is 9.92. The summed E-state index contributed by atoms with van der Waals surface area (Å²) in [6, 6.07) is 4.85. The van der Waals surface area contributed by atoms with Crippen LogP contribution in [0.3, 0.4) is 0 Å². The summed E-state index contributed by atoms with van der Waals surface area (Å²) in [5, 5.41) is 0.522. The summed E-state index contributed by atoms with van der Waals surface area (Å²) in [5.41, 5.74) is 0.692. The van der Waals surface area contributed by atoms with E-state index in [1.165, 1.54) is 0 Å². The Morgan fingerprint density at radius 2 is 1.80 bits per heavy atom. The molecule has 6 heteroatoms. The third-order valence-corrected chi connectivity index (χ3v) is 6.36. The predicted octanol–water partition coefficient (Wildman–Crippen LogP) is 2.85. The van der Waals surface area contributed by atoms with Gasteiger partial charge >= 0.3 is 0 Å². The number of rotatable bonds is 3. The Bertz CT molecular complexity index is 932. The maximum atomic E-state index is 13.1. The maximum Gasteiger partial charge on any atom is 0.181 e. The highest BCUT2D eigenvalue weighted by atomic mass is 32.2. The number of furan rings is 1. The highest BCUT2D eigenvalue weighted by molar-refractivity contribution is 7.84. The largest absolute Gasteiger partial charge is 0.460 e. The molecule has 25 heavy (non-hydrogen) atoms. The van der Waals surface area contributed by atoms with Crippen molar-refractivity contribution in [3.8, 4) is 0 Å². The first-order valence-electron chi connectivity index (χ1n) is 8.36. The van der Waals surface area contributed by atoms with E-state index < -0.39 is 22.5 Å². The van der Waals surface area contributed by atoms with Gasteiger partial charge in [-0.1, -0.05) is 0 Å². The molecule has 0 aliphatic heterocycles. The Kier molecular flexibility index (Phi) is 3.76. The second-order valence-electron chi connectivity index (χ2n) is 6.97. The Morgan fingerprint density at radius 1 is 1.16 bits per heavy atom. The summed E-state index contributed by atoms with van der Waals surface area (Å²) >= 11 is 0. The first kappa shape index (κ1) is 16.4. The van der Waals surface area contributed by atoms with Crippen LogP contribution in [0.2, 0.25) is 0 Å². The van der Waals surface area contributed by atoms with Crippen LogP contribution < -0.4 is 0 Å². The third-order valence-electron chi connectivity index (χ3n) is 5.41. The molecule has 2 aliphatic rings. The van der Waals surface area contributed by atoms with Crippen LogP contribution in [0.25, 0.3) is 11.0 Å². The third kappa shape index (κ3) is 2.42. The molecular weight excluding hydrogens is 340 g/mol. The second kappa shape index (κ2) is 5.73. The van der Waals surface area contributed by atoms with E-state index in [2.05, 4.69) is 0 Å². The Balaban J connectivity index is 1.83. The van der Waals surface area contributed by atoms with Gasteiger partial charge in [-0.05, 0) is 44.4 Å². The van der Waals surface area contributed by atoms with Gasteiger partial charge in [0, 0.05) is 29.0 Å². The van der Waals surface area contributed by atoms with Gasteiger partial charge < -0.3 is 4.42 Å². The molecule has 0 saturated heterocycles. The van der Waals surface area contributed by atoms with Crippen molar-refractivity contribution in [1.29, 1.82) is 0 Å². The van der Waals surface area contributed by atoms with E-state index in [1.54, 1.807) is 31.4 Å². The number of fused-ring (bicyclic) bond motifs is 3. The molecular formula is C19H18O5S. The summed E-state index contributed by atoms with van der Waals surface area (Å²) in [6.45, 7) is 1.74. The van der Waals surface area contributed by atoms with Gasteiger partial charge in [-0.2, -0.15) is 0 Å². The fourth-order valence-corrected chi connectivity index (χ4v) is 4.86. The highest BCUT2D eigenvalue weighted by Gasteiger charge is 2.50. The summed E-state index contributed by atoms with van der Waals surface area (Å²) < 4.78 is 17.5. The van der Waals surface area contributed by atoms with Crippen molar-refractivity contribution in [2.75, 3.05) is 6.26 Å². The molecule has 1 heterocycles. The van der Waals surface area contributed by atoms with Gasteiger partial charge in [0.1, 0.15) is 11.7 Å². The number of carbonyl (C=O) groups excluding carboxylic acids is 3. The van der Waals surface area contributed by atoms with Crippen LogP contribution in [0, 0.1) is 24.7 Å². The smallest absolute Gasteiger partial charge is 0.181 e. The first-order chi connectivity index (χ1) is 11.9. The van der Waals surface area contributed by atoms with E-state index in [1.807, 2.05) is 0 Å². The molecule has 2 saturated carbocycles. The van der Waals surface area contributed by atoms with Crippen LogP contribution in [0.4, 0.5) is 0 Å². The number of hydrogen-bond acceptors (Lipinski definition) is 5. The minimum atomic E-state index is -1.27. The van der Waals surface area contributed by atoms with Gasteiger partial charge in [0.05, 0.1) is 15.7 Å². The second-order valence-corrected chi connectivity index (χ2v) is 8.32. The highest BCUT2D eigenvalue weighted by Crippen LogP contribution is 2.42. The Labute approximate surface area is 147 Å². The fourth-order valence-electron chi connectivity index (χ4n) is 4.19. The van der Waals surface area contributed by atoms with Crippen LogP contribution >= 0.6 is 0 Å². The fraction of sp³-hybridized carbons (Fsp3) is 0.421. The molecule has 1 aromatic carbocycles. The molecule has 2 aromatic rings. The lowest BCUT2D eigenvalue weighted by Crippen LogP contribution is -2.41. The minimum absolute atomic E-state index is 0.166. The van der Waals surface area contributed by atoms with Gasteiger partial charge in [-0.15, -0.1) is 0 Å². The number of Topliss-reactive ketones (excluding diaryl/α,β-unsaturated/α-hetero) is 3. The van der Waals surface area contributed by atoms with Crippen LogP contribution in [0.1, 0.15) is 35.4 Å². The lowest BCUT2D eigenvalue weighted by molar-refractivity contribution is -0.137. The topological polar surface area (TPSA) is 81.4 Å². The molecule has 0 N–H and O–H groups in total. The van der Waals surface area contributed by atoms with Crippen LogP contribution in [0.5, 0.6) is 0 Å². The molecule has 3 atom stereocenters. The molecule has 2 fully saturated rings. The lowest BCUT2D eigenvalue weighted by Gasteiger charge is -2.24. The molecule has 4 rings (SSSR count). The van der Waals surface area contributed by atoms with Crippen molar-refractivity contribution in [1.82, 2.24) is 0 Å². The van der Waals surface area contributed by atoms with Gasteiger partial charge in [0.2, 0.25) is 0 Å². The van der Waals surface area contributed by atoms with Crippen molar-refractivity contribution in [3.63, 3.8) is 0 Å². The number of benzene rings is 1. The summed E-state index contributed by atoms with van der Waals surface area (Å²) in [5.74, 6) is -1.86. The van der Waals surface area contributed by atoms with E-state index in [0.29, 0.717) is 46.5 Å². The van der Waals surface area contributed by atoms with Crippen molar-refractivity contribution in [3.05, 3.63) is 29.5 Å². The van der Waals surface area contributed by atoms with Crippen molar-refractivity contribution >= 4 is 39.1 Å². The predicted molar refractivity (Wildman–Crippen MR) is 91.9 cm³/mol. The van der Waals surface area contributed by atoms with Crippen molar-refractivity contribution < 1.29 is 23.0 Å². The summed E-state index contributed by atoms with van der Waals surface area (Å²) in [7, 11) is -1.27. The van der Waals surface area contributed by atoms with Crippen LogP contribution in [-0.4, -0.2) is 27.8 Å². The van der Waals surface area contributed by atoms with Gasteiger partial charge in [-0.3, -0.25) is 18.6 Å². The molecule has 0 radical (unpaired) electrons. The number of ketones is 3. The number of aryl methyl sites for hydroxylation is 1. The zero-order valence-corrected chi connectivity index (χ0v) is 14.9. The average molecular weight is 358 g/mol. The lowest BCUT2D eigenvalue weighted by atomic mass is 9.75. The number of hydrogen-bond donors (Lipinski definition) is 0. The molecule has 1 aromatic heterocycles. The average Bonchev–Trinajstić information content (AvgIpc) is 3.16. The molecule has 130 valence electrons. The monoisotopic (exact) mass is 358 g/mol. The van der Waals surface area contributed by atoms with Crippen molar-refractivity contribution in [2.45, 2.75) is 31.1 Å². The molecule has 0 spiro atoms. The minimum Gasteiger partial charge on any atom is -0.460 e. The normalized spacial score (nSPS) is 27.0. The quantitative estimate of drug-likeness (QED) is 0.622. The Hall–Kier alpha value is -2.08. The molecule has 2 bridgehead atoms. The summed E-state index contributed by atoms with van der Waals surface area (Å²) in [6.07, 6.45) is 3.54. The molecule has 5 nitrogen and oxygen atoms in total. The zero-order valence-electron chi connectivity index (χ0n) is 14.0. The van der Waals surface area contributed by atoms with Gasteiger partial charge in [0.15, 0.2) is 22.9 Å². The van der Waals surface area contributed by atoms with E-state index in [0.717, 1.165) is 0 Å². The SMILES string of the molecule is Cc1cc2c(C(=O)C3C(=O)C4CCC(C4)C3=O)ccc(S(C)=O)c2o1. The van der Waals surface area contributed by atoms with E-state index in [-0.39, 0.29) is 23.4 Å². The van der Waals surface area contributed by atoms with E-state index >= 15 is 0 Å². The maximum absolute atomic E-state index is 13.1. The molecule has 2 aliphatic carbocycles. The van der Waals surface area contributed by atoms with Crippen molar-refractivity contribution in [2.24, 2.45) is 17.8 Å². The van der Waals surface area contributed by atoms with E-state index in [4.69, 9.17) is 4.42 Å².